The number of amides is 1. The highest BCUT2D eigenvalue weighted by molar-refractivity contribution is 7.92. The van der Waals surface area contributed by atoms with Crippen molar-refractivity contribution in [2.24, 2.45) is 0 Å². The number of nitrogens with zero attached hydrogens (tertiary/aromatic N) is 1. The first-order chi connectivity index (χ1) is 14.8. The Balaban J connectivity index is 1.70. The number of hydrogen-bond acceptors (Lipinski definition) is 4. The fourth-order valence-corrected chi connectivity index (χ4v) is 4.24. The summed E-state index contributed by atoms with van der Waals surface area (Å²) in [6, 6.07) is 22.3. The molecule has 31 heavy (non-hydrogen) atoms. The molecule has 3 aromatic carbocycles. The Labute approximate surface area is 183 Å². The lowest BCUT2D eigenvalue weighted by atomic mass is 10.2. The van der Waals surface area contributed by atoms with E-state index < -0.39 is 10.0 Å². The summed E-state index contributed by atoms with van der Waals surface area (Å²) in [5, 5.41) is 2.84. The van der Waals surface area contributed by atoms with Crippen LogP contribution in [0.1, 0.15) is 22.8 Å². The first-order valence-electron chi connectivity index (χ1n) is 9.92. The molecule has 0 aliphatic rings. The molecule has 1 amide bonds. The number of sulfonamides is 1. The molecule has 0 radical (unpaired) electrons. The molecule has 0 spiro atoms. The van der Waals surface area contributed by atoms with Gasteiger partial charge >= 0.3 is 0 Å². The highest BCUT2D eigenvalue weighted by Crippen LogP contribution is 2.23. The fourth-order valence-electron chi connectivity index (χ4n) is 3.01. The number of carbonyl (C=O) groups is 1. The van der Waals surface area contributed by atoms with Gasteiger partial charge < -0.3 is 10.1 Å². The van der Waals surface area contributed by atoms with Crippen LogP contribution in [0.4, 0.5) is 5.69 Å². The zero-order valence-corrected chi connectivity index (χ0v) is 18.6. The van der Waals surface area contributed by atoms with Crippen LogP contribution >= 0.6 is 0 Å². The third kappa shape index (κ3) is 5.64. The van der Waals surface area contributed by atoms with Gasteiger partial charge in [0.25, 0.3) is 15.9 Å². The first-order valence-corrected chi connectivity index (χ1v) is 11.4. The van der Waals surface area contributed by atoms with Crippen LogP contribution in [0.2, 0.25) is 0 Å². The molecule has 1 N–H and O–H groups in total. The van der Waals surface area contributed by atoms with Gasteiger partial charge in [0.05, 0.1) is 16.6 Å². The molecule has 162 valence electrons. The van der Waals surface area contributed by atoms with Crippen molar-refractivity contribution in [1.29, 1.82) is 0 Å². The van der Waals surface area contributed by atoms with Crippen molar-refractivity contribution in [3.05, 3.63) is 90.0 Å². The SMILES string of the molecule is Cc1cccc(N(C)S(=O)(=O)c2cccc(C(=O)NC(C)COc3ccccc3)c2)c1. The van der Waals surface area contributed by atoms with E-state index >= 15 is 0 Å². The van der Waals surface area contributed by atoms with Gasteiger partial charge in [0.2, 0.25) is 0 Å². The fraction of sp³-hybridized carbons (Fsp3) is 0.208. The van der Waals surface area contributed by atoms with E-state index in [1.807, 2.05) is 50.2 Å². The number of aryl methyl sites for hydroxylation is 1. The van der Waals surface area contributed by atoms with Gasteiger partial charge in [0, 0.05) is 12.6 Å². The molecule has 0 bridgehead atoms. The van der Waals surface area contributed by atoms with Gasteiger partial charge in [-0.25, -0.2) is 8.42 Å². The van der Waals surface area contributed by atoms with Crippen molar-refractivity contribution in [1.82, 2.24) is 5.32 Å². The first kappa shape index (κ1) is 22.4. The van der Waals surface area contributed by atoms with Gasteiger partial charge in [0.1, 0.15) is 12.4 Å². The van der Waals surface area contributed by atoms with Crippen LogP contribution in [0.5, 0.6) is 5.75 Å². The van der Waals surface area contributed by atoms with Gasteiger partial charge in [-0.2, -0.15) is 0 Å². The maximum absolute atomic E-state index is 13.1. The second-order valence-electron chi connectivity index (χ2n) is 7.34. The van der Waals surface area contributed by atoms with Crippen LogP contribution in [0.25, 0.3) is 0 Å². The third-order valence-electron chi connectivity index (χ3n) is 4.74. The predicted molar refractivity (Wildman–Crippen MR) is 122 cm³/mol. The number of benzene rings is 3. The van der Waals surface area contributed by atoms with Crippen molar-refractivity contribution in [3.8, 4) is 5.75 Å². The molecule has 0 heterocycles. The van der Waals surface area contributed by atoms with E-state index in [1.165, 1.54) is 23.5 Å². The molecular weight excluding hydrogens is 412 g/mol. The zero-order chi connectivity index (χ0) is 22.4. The van der Waals surface area contributed by atoms with E-state index in [1.54, 1.807) is 30.3 Å². The molecule has 1 atom stereocenters. The van der Waals surface area contributed by atoms with E-state index in [-0.39, 0.29) is 22.4 Å². The van der Waals surface area contributed by atoms with Crippen molar-refractivity contribution in [2.75, 3.05) is 18.0 Å². The van der Waals surface area contributed by atoms with Crippen LogP contribution in [-0.2, 0) is 10.0 Å². The number of carbonyl (C=O) groups excluding carboxylic acids is 1. The lowest BCUT2D eigenvalue weighted by Crippen LogP contribution is -2.37. The maximum atomic E-state index is 13.1. The van der Waals surface area contributed by atoms with Gasteiger partial charge in [0.15, 0.2) is 0 Å². The number of anilines is 1. The molecule has 7 heteroatoms. The number of para-hydroxylation sites is 1. The number of ether oxygens (including phenoxy) is 1. The Morgan fingerprint density at radius 1 is 1.00 bits per heavy atom. The second-order valence-corrected chi connectivity index (χ2v) is 9.31. The van der Waals surface area contributed by atoms with Crippen LogP contribution in [-0.4, -0.2) is 34.0 Å². The van der Waals surface area contributed by atoms with E-state index in [0.29, 0.717) is 12.3 Å². The summed E-state index contributed by atoms with van der Waals surface area (Å²) in [6.45, 7) is 4.02. The molecule has 3 aromatic rings. The molecule has 0 fully saturated rings. The second kappa shape index (κ2) is 9.66. The number of hydrogen-bond donors (Lipinski definition) is 1. The highest BCUT2D eigenvalue weighted by Gasteiger charge is 2.23. The van der Waals surface area contributed by atoms with Crippen molar-refractivity contribution < 1.29 is 17.9 Å². The molecule has 0 aromatic heterocycles. The van der Waals surface area contributed by atoms with Crippen LogP contribution in [0.3, 0.4) is 0 Å². The minimum atomic E-state index is -3.81. The summed E-state index contributed by atoms with van der Waals surface area (Å²) >= 11 is 0. The van der Waals surface area contributed by atoms with Gasteiger partial charge in [-0.1, -0.05) is 36.4 Å². The molecular formula is C24H26N2O4S. The van der Waals surface area contributed by atoms with Crippen molar-refractivity contribution >= 4 is 21.6 Å². The van der Waals surface area contributed by atoms with E-state index in [4.69, 9.17) is 4.74 Å². The summed E-state index contributed by atoms with van der Waals surface area (Å²) in [5.74, 6) is 0.357. The molecule has 0 saturated heterocycles. The van der Waals surface area contributed by atoms with Crippen LogP contribution < -0.4 is 14.4 Å². The minimum absolute atomic E-state index is 0.0531. The summed E-state index contributed by atoms with van der Waals surface area (Å²) in [5.41, 5.74) is 1.78. The summed E-state index contributed by atoms with van der Waals surface area (Å²) in [7, 11) is -2.31. The van der Waals surface area contributed by atoms with Gasteiger partial charge in [-0.3, -0.25) is 9.10 Å². The third-order valence-corrected chi connectivity index (χ3v) is 6.52. The average molecular weight is 439 g/mol. The standard InChI is InChI=1S/C24H26N2O4S/c1-18-9-7-11-21(15-18)26(3)31(28,29)23-14-8-10-20(16-23)24(27)25-19(2)17-30-22-12-5-4-6-13-22/h4-16,19H,17H2,1-3H3,(H,25,27). The summed E-state index contributed by atoms with van der Waals surface area (Å²) in [4.78, 5) is 12.7. The average Bonchev–Trinajstić information content (AvgIpc) is 2.78. The summed E-state index contributed by atoms with van der Waals surface area (Å²) in [6.07, 6.45) is 0. The molecule has 0 saturated carbocycles. The Morgan fingerprint density at radius 2 is 1.71 bits per heavy atom. The number of rotatable bonds is 8. The van der Waals surface area contributed by atoms with Gasteiger partial charge in [-0.15, -0.1) is 0 Å². The molecule has 3 rings (SSSR count). The van der Waals surface area contributed by atoms with Crippen molar-refractivity contribution in [2.45, 2.75) is 24.8 Å². The normalized spacial score (nSPS) is 12.1. The zero-order valence-electron chi connectivity index (χ0n) is 17.8. The Hall–Kier alpha value is -3.32. The van der Waals surface area contributed by atoms with E-state index in [0.717, 1.165) is 11.3 Å². The highest BCUT2D eigenvalue weighted by atomic mass is 32.2. The largest absolute Gasteiger partial charge is 0.491 e. The van der Waals surface area contributed by atoms with Gasteiger partial charge in [-0.05, 0) is 61.9 Å². The quantitative estimate of drug-likeness (QED) is 0.576. The van der Waals surface area contributed by atoms with Crippen LogP contribution in [0, 0.1) is 6.92 Å². The molecule has 0 aliphatic carbocycles. The Kier molecular flexibility index (Phi) is 6.97. The Morgan fingerprint density at radius 3 is 2.42 bits per heavy atom. The number of nitrogens with one attached hydrogen (secondary N) is 1. The minimum Gasteiger partial charge on any atom is -0.491 e. The molecule has 1 unspecified atom stereocenters. The van der Waals surface area contributed by atoms with Crippen LogP contribution in [0.15, 0.2) is 83.8 Å². The predicted octanol–water partition coefficient (Wildman–Crippen LogP) is 4.02. The summed E-state index contributed by atoms with van der Waals surface area (Å²) < 4.78 is 33.0. The molecule has 6 nitrogen and oxygen atoms in total. The maximum Gasteiger partial charge on any atom is 0.264 e. The lowest BCUT2D eigenvalue weighted by Gasteiger charge is -2.20. The monoisotopic (exact) mass is 438 g/mol. The van der Waals surface area contributed by atoms with E-state index in [2.05, 4.69) is 5.32 Å². The lowest BCUT2D eigenvalue weighted by molar-refractivity contribution is 0.0926. The Bertz CT molecular complexity index is 1150. The van der Waals surface area contributed by atoms with E-state index in [9.17, 15) is 13.2 Å². The molecule has 0 aliphatic heterocycles. The smallest absolute Gasteiger partial charge is 0.264 e. The van der Waals surface area contributed by atoms with Crippen molar-refractivity contribution in [3.63, 3.8) is 0 Å². The topological polar surface area (TPSA) is 75.7 Å².